The van der Waals surface area contributed by atoms with Gasteiger partial charge in [0.05, 0.1) is 6.10 Å². The summed E-state index contributed by atoms with van der Waals surface area (Å²) in [5, 5.41) is 10.8. The van der Waals surface area contributed by atoms with Crippen molar-refractivity contribution in [2.75, 3.05) is 0 Å². The van der Waals surface area contributed by atoms with Gasteiger partial charge in [-0.3, -0.25) is 0 Å². The number of hydrogen-bond donors (Lipinski definition) is 1. The summed E-state index contributed by atoms with van der Waals surface area (Å²) < 4.78 is 0. The normalized spacial score (nSPS) is 31.6. The zero-order valence-corrected chi connectivity index (χ0v) is 12.7. The molecule has 1 heteroatoms. The molecule has 0 spiro atoms. The van der Waals surface area contributed by atoms with Gasteiger partial charge in [-0.2, -0.15) is 0 Å². The van der Waals surface area contributed by atoms with E-state index in [0.29, 0.717) is 11.8 Å². The topological polar surface area (TPSA) is 20.2 Å². The lowest BCUT2D eigenvalue weighted by Gasteiger charge is -2.37. The molecule has 1 aromatic carbocycles. The SMILES string of the molecule is CCC1CCC(C(O)C2CCc3ccccc3C2)CC1. The van der Waals surface area contributed by atoms with Gasteiger partial charge < -0.3 is 5.11 Å². The van der Waals surface area contributed by atoms with Crippen molar-refractivity contribution in [1.29, 1.82) is 0 Å². The Morgan fingerprint density at radius 3 is 2.40 bits per heavy atom. The molecule has 1 saturated carbocycles. The van der Waals surface area contributed by atoms with E-state index in [2.05, 4.69) is 31.2 Å². The van der Waals surface area contributed by atoms with E-state index < -0.39 is 0 Å². The maximum atomic E-state index is 10.8. The van der Waals surface area contributed by atoms with Crippen LogP contribution in [0.3, 0.4) is 0 Å². The number of aryl methyl sites for hydroxylation is 1. The summed E-state index contributed by atoms with van der Waals surface area (Å²) in [5.74, 6) is 1.98. The van der Waals surface area contributed by atoms with E-state index >= 15 is 0 Å². The Morgan fingerprint density at radius 2 is 1.70 bits per heavy atom. The highest BCUT2D eigenvalue weighted by molar-refractivity contribution is 5.29. The van der Waals surface area contributed by atoms with Crippen LogP contribution in [0.5, 0.6) is 0 Å². The van der Waals surface area contributed by atoms with Crippen LogP contribution in [0, 0.1) is 17.8 Å². The van der Waals surface area contributed by atoms with Gasteiger partial charge >= 0.3 is 0 Å². The first-order chi connectivity index (χ1) is 9.78. The van der Waals surface area contributed by atoms with Crippen molar-refractivity contribution >= 4 is 0 Å². The average Bonchev–Trinajstić information content (AvgIpc) is 2.54. The highest BCUT2D eigenvalue weighted by Gasteiger charge is 2.32. The zero-order chi connectivity index (χ0) is 13.9. The molecule has 0 saturated heterocycles. The Hall–Kier alpha value is -0.820. The molecular formula is C19H28O. The lowest BCUT2D eigenvalue weighted by molar-refractivity contribution is 0.0205. The molecule has 0 aliphatic heterocycles. The molecule has 1 aromatic rings. The van der Waals surface area contributed by atoms with E-state index in [9.17, 15) is 5.11 Å². The van der Waals surface area contributed by atoms with Crippen LogP contribution in [0.1, 0.15) is 56.6 Å². The summed E-state index contributed by atoms with van der Waals surface area (Å²) in [6, 6.07) is 8.79. The van der Waals surface area contributed by atoms with Crippen molar-refractivity contribution in [1.82, 2.24) is 0 Å². The van der Waals surface area contributed by atoms with Crippen LogP contribution in [0.4, 0.5) is 0 Å². The third-order valence-corrected chi connectivity index (χ3v) is 5.82. The van der Waals surface area contributed by atoms with Gasteiger partial charge in [0.15, 0.2) is 0 Å². The van der Waals surface area contributed by atoms with Gasteiger partial charge in [0.2, 0.25) is 0 Å². The molecule has 1 fully saturated rings. The summed E-state index contributed by atoms with van der Waals surface area (Å²) in [5.41, 5.74) is 2.98. The number of aliphatic hydroxyl groups is 1. The van der Waals surface area contributed by atoms with Crippen LogP contribution in [0.25, 0.3) is 0 Å². The average molecular weight is 272 g/mol. The molecule has 2 unspecified atom stereocenters. The first kappa shape index (κ1) is 14.1. The van der Waals surface area contributed by atoms with E-state index in [1.165, 1.54) is 49.7 Å². The monoisotopic (exact) mass is 272 g/mol. The van der Waals surface area contributed by atoms with Gasteiger partial charge in [0, 0.05) is 0 Å². The van der Waals surface area contributed by atoms with Crippen molar-refractivity contribution in [2.45, 2.75) is 64.4 Å². The van der Waals surface area contributed by atoms with Gasteiger partial charge in [-0.05, 0) is 61.0 Å². The fraction of sp³-hybridized carbons (Fsp3) is 0.684. The molecule has 20 heavy (non-hydrogen) atoms. The van der Waals surface area contributed by atoms with Crippen molar-refractivity contribution in [3.8, 4) is 0 Å². The Labute approximate surface area is 123 Å². The number of fused-ring (bicyclic) bond motifs is 1. The Bertz CT molecular complexity index is 431. The van der Waals surface area contributed by atoms with E-state index in [1.54, 1.807) is 0 Å². The van der Waals surface area contributed by atoms with Gasteiger partial charge in [-0.1, -0.05) is 50.5 Å². The predicted molar refractivity (Wildman–Crippen MR) is 83.7 cm³/mol. The Kier molecular flexibility index (Phi) is 4.45. The van der Waals surface area contributed by atoms with E-state index in [-0.39, 0.29) is 6.10 Å². The van der Waals surface area contributed by atoms with Gasteiger partial charge in [0.25, 0.3) is 0 Å². The number of hydrogen-bond acceptors (Lipinski definition) is 1. The second-order valence-electron chi connectivity index (χ2n) is 6.95. The van der Waals surface area contributed by atoms with Crippen LogP contribution < -0.4 is 0 Å². The zero-order valence-electron chi connectivity index (χ0n) is 12.7. The molecule has 110 valence electrons. The molecule has 2 atom stereocenters. The van der Waals surface area contributed by atoms with E-state index in [1.807, 2.05) is 0 Å². The minimum Gasteiger partial charge on any atom is -0.393 e. The quantitative estimate of drug-likeness (QED) is 0.866. The highest BCUT2D eigenvalue weighted by Crippen LogP contribution is 2.37. The fourth-order valence-electron chi connectivity index (χ4n) is 4.34. The van der Waals surface area contributed by atoms with Crippen molar-refractivity contribution in [3.05, 3.63) is 35.4 Å². The van der Waals surface area contributed by atoms with Crippen LogP contribution in [0.2, 0.25) is 0 Å². The smallest absolute Gasteiger partial charge is 0.0599 e. The summed E-state index contributed by atoms with van der Waals surface area (Å²) in [6.07, 6.45) is 9.83. The maximum Gasteiger partial charge on any atom is 0.0599 e. The van der Waals surface area contributed by atoms with Crippen molar-refractivity contribution in [3.63, 3.8) is 0 Å². The molecular weight excluding hydrogens is 244 g/mol. The molecule has 1 N–H and O–H groups in total. The first-order valence-corrected chi connectivity index (χ1v) is 8.52. The second kappa shape index (κ2) is 6.30. The third-order valence-electron chi connectivity index (χ3n) is 5.82. The second-order valence-corrected chi connectivity index (χ2v) is 6.95. The van der Waals surface area contributed by atoms with Crippen LogP contribution in [-0.4, -0.2) is 11.2 Å². The Morgan fingerprint density at radius 1 is 1.00 bits per heavy atom. The summed E-state index contributed by atoms with van der Waals surface area (Å²) in [4.78, 5) is 0. The summed E-state index contributed by atoms with van der Waals surface area (Å²) in [6.45, 7) is 2.31. The maximum absolute atomic E-state index is 10.8. The van der Waals surface area contributed by atoms with Crippen LogP contribution >= 0.6 is 0 Å². The van der Waals surface area contributed by atoms with Gasteiger partial charge in [-0.15, -0.1) is 0 Å². The predicted octanol–water partition coefficient (Wildman–Crippen LogP) is 4.37. The highest BCUT2D eigenvalue weighted by atomic mass is 16.3. The molecule has 0 bridgehead atoms. The molecule has 2 aliphatic carbocycles. The molecule has 1 nitrogen and oxygen atoms in total. The molecule has 3 rings (SSSR count). The molecule has 0 amide bonds. The minimum absolute atomic E-state index is 0.0684. The lowest BCUT2D eigenvalue weighted by atomic mass is 9.71. The Balaban J connectivity index is 1.60. The van der Waals surface area contributed by atoms with Gasteiger partial charge in [-0.25, -0.2) is 0 Å². The number of rotatable bonds is 3. The summed E-state index contributed by atoms with van der Waals surface area (Å²) in [7, 11) is 0. The van der Waals surface area contributed by atoms with Crippen molar-refractivity contribution < 1.29 is 5.11 Å². The van der Waals surface area contributed by atoms with Crippen LogP contribution in [-0.2, 0) is 12.8 Å². The fourth-order valence-corrected chi connectivity index (χ4v) is 4.34. The standard InChI is InChI=1S/C19H28O/c1-2-14-7-9-16(10-8-14)19(20)18-12-11-15-5-3-4-6-17(15)13-18/h3-6,14,16,18-20H,2,7-13H2,1H3. The molecule has 0 radical (unpaired) electrons. The third kappa shape index (κ3) is 2.93. The minimum atomic E-state index is -0.0684. The van der Waals surface area contributed by atoms with E-state index in [0.717, 1.165) is 18.8 Å². The molecule has 0 heterocycles. The van der Waals surface area contributed by atoms with Crippen molar-refractivity contribution in [2.24, 2.45) is 17.8 Å². The number of aliphatic hydroxyl groups excluding tert-OH is 1. The lowest BCUT2D eigenvalue weighted by Crippen LogP contribution is -2.35. The van der Waals surface area contributed by atoms with Gasteiger partial charge in [0.1, 0.15) is 0 Å². The first-order valence-electron chi connectivity index (χ1n) is 8.52. The number of benzene rings is 1. The molecule has 0 aromatic heterocycles. The summed E-state index contributed by atoms with van der Waals surface area (Å²) >= 11 is 0. The largest absolute Gasteiger partial charge is 0.393 e. The van der Waals surface area contributed by atoms with E-state index in [4.69, 9.17) is 0 Å². The molecule has 2 aliphatic rings. The van der Waals surface area contributed by atoms with Crippen LogP contribution in [0.15, 0.2) is 24.3 Å².